The largest absolute Gasteiger partial charge is 0.384 e. The second-order valence-corrected chi connectivity index (χ2v) is 6.22. The zero-order chi connectivity index (χ0) is 13.7. The maximum Gasteiger partial charge on any atom is 0.118 e. The highest BCUT2D eigenvalue weighted by Gasteiger charge is 2.55. The maximum atomic E-state index is 5.75. The van der Waals surface area contributed by atoms with Gasteiger partial charge in [-0.15, -0.1) is 6.58 Å². The zero-order valence-electron chi connectivity index (χ0n) is 12.4. The van der Waals surface area contributed by atoms with Gasteiger partial charge in [0.1, 0.15) is 5.60 Å². The van der Waals surface area contributed by atoms with E-state index in [-0.39, 0.29) is 5.60 Å². The molecule has 110 valence electrons. The summed E-state index contributed by atoms with van der Waals surface area (Å²) in [5.41, 5.74) is 0.0520. The topological polar surface area (TPSA) is 31.0 Å². The second kappa shape index (κ2) is 6.87. The third-order valence-electron chi connectivity index (χ3n) is 4.63. The standard InChI is InChI=1S/C16H28O3/c1-4-5-14(7-6-13(2)10-17-3)15-8-9-18-11-16(15)12-19-16/h4,13-15H,1,5-12H2,2-3H3/t13-,14+,15-,16+/m0/s1. The molecular formula is C16H28O3. The van der Waals surface area contributed by atoms with E-state index in [0.717, 1.165) is 39.3 Å². The number of methoxy groups -OCH3 is 1. The van der Waals surface area contributed by atoms with Gasteiger partial charge in [-0.2, -0.15) is 0 Å². The first-order chi connectivity index (χ1) is 9.22. The quantitative estimate of drug-likeness (QED) is 0.501. The lowest BCUT2D eigenvalue weighted by Crippen LogP contribution is -2.40. The molecule has 4 atom stereocenters. The molecule has 0 amide bonds. The Balaban J connectivity index is 1.89. The van der Waals surface area contributed by atoms with Crippen LogP contribution in [0.4, 0.5) is 0 Å². The van der Waals surface area contributed by atoms with Gasteiger partial charge in [0.25, 0.3) is 0 Å². The van der Waals surface area contributed by atoms with Crippen molar-refractivity contribution in [3.8, 4) is 0 Å². The summed E-state index contributed by atoms with van der Waals surface area (Å²) in [6.07, 6.45) is 6.76. The fourth-order valence-corrected chi connectivity index (χ4v) is 3.44. The summed E-state index contributed by atoms with van der Waals surface area (Å²) in [5.74, 6) is 1.96. The molecule has 0 aromatic rings. The lowest BCUT2D eigenvalue weighted by atomic mass is 9.74. The van der Waals surface area contributed by atoms with Crippen LogP contribution in [0.1, 0.15) is 32.6 Å². The first kappa shape index (κ1) is 15.0. The van der Waals surface area contributed by atoms with Crippen molar-refractivity contribution in [3.05, 3.63) is 12.7 Å². The minimum absolute atomic E-state index is 0.0520. The van der Waals surface area contributed by atoms with Crippen LogP contribution < -0.4 is 0 Å². The Kier molecular flexibility index (Phi) is 5.43. The zero-order valence-corrected chi connectivity index (χ0v) is 12.4. The van der Waals surface area contributed by atoms with Crippen LogP contribution in [0.3, 0.4) is 0 Å². The minimum atomic E-state index is 0.0520. The van der Waals surface area contributed by atoms with Crippen molar-refractivity contribution in [3.63, 3.8) is 0 Å². The van der Waals surface area contributed by atoms with Gasteiger partial charge in [-0.05, 0) is 43.4 Å². The molecule has 1 spiro atoms. The molecule has 0 aromatic carbocycles. The molecule has 3 nitrogen and oxygen atoms in total. The summed E-state index contributed by atoms with van der Waals surface area (Å²) in [4.78, 5) is 0. The molecule has 0 aliphatic carbocycles. The van der Waals surface area contributed by atoms with E-state index in [1.165, 1.54) is 12.8 Å². The molecule has 0 saturated carbocycles. The third kappa shape index (κ3) is 3.80. The van der Waals surface area contributed by atoms with Crippen LogP contribution in [0.5, 0.6) is 0 Å². The predicted octanol–water partition coefficient (Wildman–Crippen LogP) is 3.05. The van der Waals surface area contributed by atoms with Crippen LogP contribution in [-0.4, -0.2) is 39.1 Å². The number of hydrogen-bond donors (Lipinski definition) is 0. The highest BCUT2D eigenvalue weighted by atomic mass is 16.6. The molecule has 19 heavy (non-hydrogen) atoms. The molecule has 2 aliphatic heterocycles. The van der Waals surface area contributed by atoms with Crippen molar-refractivity contribution in [2.75, 3.05) is 33.5 Å². The van der Waals surface area contributed by atoms with E-state index in [0.29, 0.717) is 17.8 Å². The molecule has 2 aliphatic rings. The van der Waals surface area contributed by atoms with E-state index in [2.05, 4.69) is 19.6 Å². The number of epoxide rings is 1. The molecule has 2 heterocycles. The highest BCUT2D eigenvalue weighted by molar-refractivity contribution is 5.03. The van der Waals surface area contributed by atoms with Gasteiger partial charge in [0.2, 0.25) is 0 Å². The van der Waals surface area contributed by atoms with Crippen LogP contribution in [0.25, 0.3) is 0 Å². The summed E-state index contributed by atoms with van der Waals surface area (Å²) < 4.78 is 16.6. The Morgan fingerprint density at radius 1 is 1.42 bits per heavy atom. The van der Waals surface area contributed by atoms with E-state index in [1.54, 1.807) is 7.11 Å². The van der Waals surface area contributed by atoms with Crippen LogP contribution in [0.15, 0.2) is 12.7 Å². The molecule has 2 saturated heterocycles. The summed E-state index contributed by atoms with van der Waals surface area (Å²) in [5, 5.41) is 0. The maximum absolute atomic E-state index is 5.75. The van der Waals surface area contributed by atoms with Gasteiger partial charge in [-0.25, -0.2) is 0 Å². The second-order valence-electron chi connectivity index (χ2n) is 6.22. The molecule has 0 N–H and O–H groups in total. The van der Waals surface area contributed by atoms with Gasteiger partial charge in [0, 0.05) is 20.3 Å². The average Bonchev–Trinajstić information content (AvgIpc) is 3.16. The lowest BCUT2D eigenvalue weighted by molar-refractivity contribution is -0.0266. The Morgan fingerprint density at radius 2 is 2.21 bits per heavy atom. The van der Waals surface area contributed by atoms with E-state index < -0.39 is 0 Å². The Morgan fingerprint density at radius 3 is 2.84 bits per heavy atom. The average molecular weight is 268 g/mol. The summed E-state index contributed by atoms with van der Waals surface area (Å²) in [6, 6.07) is 0. The van der Waals surface area contributed by atoms with E-state index in [4.69, 9.17) is 14.2 Å². The molecule has 2 fully saturated rings. The van der Waals surface area contributed by atoms with Crippen molar-refractivity contribution in [1.82, 2.24) is 0 Å². The first-order valence-electron chi connectivity index (χ1n) is 7.53. The molecule has 2 rings (SSSR count). The van der Waals surface area contributed by atoms with Crippen LogP contribution >= 0.6 is 0 Å². The first-order valence-corrected chi connectivity index (χ1v) is 7.53. The van der Waals surface area contributed by atoms with Gasteiger partial charge < -0.3 is 14.2 Å². The number of ether oxygens (including phenoxy) is 3. The van der Waals surface area contributed by atoms with Crippen molar-refractivity contribution in [2.24, 2.45) is 17.8 Å². The number of rotatable bonds is 8. The molecule has 0 aromatic heterocycles. The molecule has 3 heteroatoms. The Hall–Kier alpha value is -0.380. The Labute approximate surface area is 117 Å². The molecular weight excluding hydrogens is 240 g/mol. The van der Waals surface area contributed by atoms with Crippen molar-refractivity contribution in [2.45, 2.75) is 38.2 Å². The van der Waals surface area contributed by atoms with Crippen LogP contribution in [0, 0.1) is 17.8 Å². The molecule has 0 unspecified atom stereocenters. The Bertz CT molecular complexity index is 286. The summed E-state index contributed by atoms with van der Waals surface area (Å²) in [7, 11) is 1.78. The third-order valence-corrected chi connectivity index (χ3v) is 4.63. The molecule has 0 radical (unpaired) electrons. The van der Waals surface area contributed by atoms with Crippen molar-refractivity contribution < 1.29 is 14.2 Å². The van der Waals surface area contributed by atoms with E-state index in [9.17, 15) is 0 Å². The van der Waals surface area contributed by atoms with Gasteiger partial charge in [0.05, 0.1) is 13.2 Å². The van der Waals surface area contributed by atoms with E-state index in [1.807, 2.05) is 0 Å². The van der Waals surface area contributed by atoms with E-state index >= 15 is 0 Å². The van der Waals surface area contributed by atoms with Crippen LogP contribution in [-0.2, 0) is 14.2 Å². The SMILES string of the molecule is C=CC[C@H](CC[C@H](C)COC)[C@@H]1CCOC[C@@]12CO2. The fraction of sp³-hybridized carbons (Fsp3) is 0.875. The highest BCUT2D eigenvalue weighted by Crippen LogP contribution is 2.46. The number of allylic oxidation sites excluding steroid dienone is 1. The van der Waals surface area contributed by atoms with Gasteiger partial charge in [0.15, 0.2) is 0 Å². The van der Waals surface area contributed by atoms with Gasteiger partial charge in [-0.1, -0.05) is 13.0 Å². The minimum Gasteiger partial charge on any atom is -0.384 e. The van der Waals surface area contributed by atoms with Gasteiger partial charge >= 0.3 is 0 Å². The van der Waals surface area contributed by atoms with Crippen LogP contribution in [0.2, 0.25) is 0 Å². The predicted molar refractivity (Wildman–Crippen MR) is 76.2 cm³/mol. The summed E-state index contributed by atoms with van der Waals surface area (Å²) in [6.45, 7) is 9.62. The van der Waals surface area contributed by atoms with Crippen molar-refractivity contribution >= 4 is 0 Å². The monoisotopic (exact) mass is 268 g/mol. The number of hydrogen-bond acceptors (Lipinski definition) is 3. The fourth-order valence-electron chi connectivity index (χ4n) is 3.44. The van der Waals surface area contributed by atoms with Gasteiger partial charge in [-0.3, -0.25) is 0 Å². The molecule has 0 bridgehead atoms. The lowest BCUT2D eigenvalue weighted by Gasteiger charge is -2.35. The van der Waals surface area contributed by atoms with Crippen molar-refractivity contribution in [1.29, 1.82) is 0 Å². The summed E-state index contributed by atoms with van der Waals surface area (Å²) >= 11 is 0. The normalized spacial score (nSPS) is 33.1. The smallest absolute Gasteiger partial charge is 0.118 e.